The van der Waals surface area contributed by atoms with Crippen LogP contribution in [-0.4, -0.2) is 36.9 Å². The minimum Gasteiger partial charge on any atom is -0.462 e. The van der Waals surface area contributed by atoms with Crippen LogP contribution in [0, 0.1) is 0 Å². The first-order chi connectivity index (χ1) is 8.70. The van der Waals surface area contributed by atoms with E-state index < -0.39 is 0 Å². The number of carbonyl (C=O) groups is 1. The Bertz CT molecular complexity index is 402. The molecule has 1 heterocycles. The lowest BCUT2D eigenvalue weighted by Crippen LogP contribution is -2.38. The summed E-state index contributed by atoms with van der Waals surface area (Å²) in [5, 5.41) is 9.64. The highest BCUT2D eigenvalue weighted by Gasteiger charge is 2.18. The standard InChI is InChI=1S/C14H19NO3/c1-2-18-14(17)11-5-7-12(8-6-11)15-9-3-4-13(16)10-15/h5-8,13,16H,2-4,9-10H2,1H3. The predicted octanol–water partition coefficient (Wildman–Crippen LogP) is 1.82. The Morgan fingerprint density at radius 1 is 1.44 bits per heavy atom. The van der Waals surface area contributed by atoms with Crippen LogP contribution in [0.25, 0.3) is 0 Å². The fraction of sp³-hybridized carbons (Fsp3) is 0.500. The zero-order valence-corrected chi connectivity index (χ0v) is 10.6. The summed E-state index contributed by atoms with van der Waals surface area (Å²) in [4.78, 5) is 13.7. The first kappa shape index (κ1) is 12.9. The Morgan fingerprint density at radius 2 is 2.17 bits per heavy atom. The molecule has 1 saturated heterocycles. The first-order valence-electron chi connectivity index (χ1n) is 6.41. The summed E-state index contributed by atoms with van der Waals surface area (Å²) in [6, 6.07) is 7.36. The van der Waals surface area contributed by atoms with E-state index in [0.717, 1.165) is 25.1 Å². The second-order valence-electron chi connectivity index (χ2n) is 4.51. The number of rotatable bonds is 3. The first-order valence-corrected chi connectivity index (χ1v) is 6.41. The smallest absolute Gasteiger partial charge is 0.338 e. The molecule has 1 unspecified atom stereocenters. The van der Waals surface area contributed by atoms with E-state index in [9.17, 15) is 9.90 Å². The predicted molar refractivity (Wildman–Crippen MR) is 69.9 cm³/mol. The molecule has 1 aromatic rings. The van der Waals surface area contributed by atoms with Gasteiger partial charge in [-0.15, -0.1) is 0 Å². The Morgan fingerprint density at radius 3 is 2.78 bits per heavy atom. The van der Waals surface area contributed by atoms with Gasteiger partial charge in [-0.3, -0.25) is 0 Å². The summed E-state index contributed by atoms with van der Waals surface area (Å²) in [5.74, 6) is -0.289. The van der Waals surface area contributed by atoms with E-state index in [0.29, 0.717) is 18.7 Å². The molecule has 0 aromatic heterocycles. The number of anilines is 1. The van der Waals surface area contributed by atoms with E-state index in [1.165, 1.54) is 0 Å². The molecule has 0 aliphatic carbocycles. The van der Waals surface area contributed by atoms with E-state index in [2.05, 4.69) is 4.90 Å². The van der Waals surface area contributed by atoms with Gasteiger partial charge in [-0.1, -0.05) is 0 Å². The van der Waals surface area contributed by atoms with Gasteiger partial charge in [0.05, 0.1) is 18.3 Å². The van der Waals surface area contributed by atoms with Crippen LogP contribution in [0.1, 0.15) is 30.1 Å². The summed E-state index contributed by atoms with van der Waals surface area (Å²) in [5.41, 5.74) is 1.61. The number of carbonyl (C=O) groups excluding carboxylic acids is 1. The third kappa shape index (κ3) is 3.01. The van der Waals surface area contributed by atoms with Crippen molar-refractivity contribution in [3.8, 4) is 0 Å². The highest BCUT2D eigenvalue weighted by atomic mass is 16.5. The number of β-amino-alcohol motifs (C(OH)–C–C–N with tert-alkyl or cyclic N) is 1. The molecular formula is C14H19NO3. The second-order valence-corrected chi connectivity index (χ2v) is 4.51. The van der Waals surface area contributed by atoms with Gasteiger partial charge in [-0.05, 0) is 44.0 Å². The molecular weight excluding hydrogens is 230 g/mol. The molecule has 0 spiro atoms. The van der Waals surface area contributed by atoms with Crippen molar-refractivity contribution in [3.05, 3.63) is 29.8 Å². The molecule has 1 fully saturated rings. The molecule has 1 N–H and O–H groups in total. The van der Waals surface area contributed by atoms with Gasteiger partial charge in [-0.2, -0.15) is 0 Å². The number of aliphatic hydroxyl groups is 1. The van der Waals surface area contributed by atoms with Crippen LogP contribution in [0.15, 0.2) is 24.3 Å². The largest absolute Gasteiger partial charge is 0.462 e. The van der Waals surface area contributed by atoms with Crippen molar-refractivity contribution >= 4 is 11.7 Å². The molecule has 1 atom stereocenters. The molecule has 0 amide bonds. The van der Waals surface area contributed by atoms with Crippen molar-refractivity contribution in [1.82, 2.24) is 0 Å². The van der Waals surface area contributed by atoms with Crippen LogP contribution >= 0.6 is 0 Å². The van der Waals surface area contributed by atoms with Crippen molar-refractivity contribution in [2.24, 2.45) is 0 Å². The molecule has 1 aliphatic rings. The average molecular weight is 249 g/mol. The van der Waals surface area contributed by atoms with Crippen LogP contribution in [0.2, 0.25) is 0 Å². The third-order valence-electron chi connectivity index (χ3n) is 3.14. The molecule has 98 valence electrons. The average Bonchev–Trinajstić information content (AvgIpc) is 2.39. The summed E-state index contributed by atoms with van der Waals surface area (Å²) in [6.45, 7) is 3.80. The number of esters is 1. The number of hydrogen-bond donors (Lipinski definition) is 1. The summed E-state index contributed by atoms with van der Waals surface area (Å²) < 4.78 is 4.94. The molecule has 1 aliphatic heterocycles. The molecule has 0 saturated carbocycles. The molecule has 4 heteroatoms. The highest BCUT2D eigenvalue weighted by Crippen LogP contribution is 2.20. The van der Waals surface area contributed by atoms with Gasteiger partial charge in [0.15, 0.2) is 0 Å². The van der Waals surface area contributed by atoms with Crippen LogP contribution in [0.5, 0.6) is 0 Å². The maximum Gasteiger partial charge on any atom is 0.338 e. The zero-order chi connectivity index (χ0) is 13.0. The lowest BCUT2D eigenvalue weighted by molar-refractivity contribution is 0.0526. The van der Waals surface area contributed by atoms with Crippen LogP contribution in [0.3, 0.4) is 0 Å². The normalized spacial score (nSPS) is 19.7. The van der Waals surface area contributed by atoms with Crippen molar-refractivity contribution in [1.29, 1.82) is 0 Å². The maximum absolute atomic E-state index is 11.5. The Balaban J connectivity index is 2.05. The van der Waals surface area contributed by atoms with E-state index >= 15 is 0 Å². The van der Waals surface area contributed by atoms with Crippen LogP contribution < -0.4 is 4.90 Å². The minimum atomic E-state index is -0.289. The van der Waals surface area contributed by atoms with Crippen molar-refractivity contribution in [3.63, 3.8) is 0 Å². The molecule has 2 rings (SSSR count). The van der Waals surface area contributed by atoms with Gasteiger partial charge in [0.2, 0.25) is 0 Å². The van der Waals surface area contributed by atoms with Crippen molar-refractivity contribution in [2.45, 2.75) is 25.9 Å². The maximum atomic E-state index is 11.5. The van der Waals surface area contributed by atoms with E-state index in [-0.39, 0.29) is 12.1 Å². The number of ether oxygens (including phenoxy) is 1. The van der Waals surface area contributed by atoms with Gasteiger partial charge in [-0.25, -0.2) is 4.79 Å². The van der Waals surface area contributed by atoms with Gasteiger partial charge in [0, 0.05) is 18.8 Å². The molecule has 0 radical (unpaired) electrons. The fourth-order valence-corrected chi connectivity index (χ4v) is 2.21. The molecule has 4 nitrogen and oxygen atoms in total. The van der Waals surface area contributed by atoms with Gasteiger partial charge < -0.3 is 14.7 Å². The quantitative estimate of drug-likeness (QED) is 0.830. The highest BCUT2D eigenvalue weighted by molar-refractivity contribution is 5.89. The lowest BCUT2D eigenvalue weighted by Gasteiger charge is -2.32. The lowest BCUT2D eigenvalue weighted by atomic mass is 10.1. The number of benzene rings is 1. The second kappa shape index (κ2) is 5.87. The Kier molecular flexibility index (Phi) is 4.20. The van der Waals surface area contributed by atoms with Crippen LogP contribution in [-0.2, 0) is 4.74 Å². The summed E-state index contributed by atoms with van der Waals surface area (Å²) >= 11 is 0. The summed E-state index contributed by atoms with van der Waals surface area (Å²) in [6.07, 6.45) is 1.63. The minimum absolute atomic E-state index is 0.247. The van der Waals surface area contributed by atoms with Crippen LogP contribution in [0.4, 0.5) is 5.69 Å². The van der Waals surface area contributed by atoms with Gasteiger partial charge >= 0.3 is 5.97 Å². The van der Waals surface area contributed by atoms with Crippen molar-refractivity contribution < 1.29 is 14.6 Å². The fourth-order valence-electron chi connectivity index (χ4n) is 2.21. The van der Waals surface area contributed by atoms with E-state index in [1.54, 1.807) is 19.1 Å². The number of nitrogens with zero attached hydrogens (tertiary/aromatic N) is 1. The summed E-state index contributed by atoms with van der Waals surface area (Å²) in [7, 11) is 0. The zero-order valence-electron chi connectivity index (χ0n) is 10.6. The molecule has 1 aromatic carbocycles. The van der Waals surface area contributed by atoms with Crippen molar-refractivity contribution in [2.75, 3.05) is 24.6 Å². The molecule has 18 heavy (non-hydrogen) atoms. The monoisotopic (exact) mass is 249 g/mol. The topological polar surface area (TPSA) is 49.8 Å². The number of piperidine rings is 1. The van der Waals surface area contributed by atoms with Gasteiger partial charge in [0.25, 0.3) is 0 Å². The SMILES string of the molecule is CCOC(=O)c1ccc(N2CCCC(O)C2)cc1. The number of aliphatic hydroxyl groups excluding tert-OH is 1. The van der Waals surface area contributed by atoms with E-state index in [4.69, 9.17) is 4.74 Å². The Hall–Kier alpha value is -1.55. The molecule has 0 bridgehead atoms. The number of hydrogen-bond acceptors (Lipinski definition) is 4. The third-order valence-corrected chi connectivity index (χ3v) is 3.14. The Labute approximate surface area is 107 Å². The van der Waals surface area contributed by atoms with E-state index in [1.807, 2.05) is 12.1 Å². The van der Waals surface area contributed by atoms with Gasteiger partial charge in [0.1, 0.15) is 0 Å².